The Morgan fingerprint density at radius 1 is 1.03 bits per heavy atom. The van der Waals surface area contributed by atoms with Gasteiger partial charge in [0, 0.05) is 38.4 Å². The first kappa shape index (κ1) is 29.3. The summed E-state index contributed by atoms with van der Waals surface area (Å²) < 4.78 is 17.0. The Hall–Kier alpha value is -3.29. The summed E-state index contributed by atoms with van der Waals surface area (Å²) in [5.74, 6) is 0.501. The molecule has 1 aliphatic carbocycles. The number of rotatable bonds is 11. The van der Waals surface area contributed by atoms with Crippen LogP contribution in [-0.2, 0) is 31.9 Å². The fraction of sp³-hybridized carbons (Fsp3) is 0.567. The van der Waals surface area contributed by atoms with Gasteiger partial charge in [-0.1, -0.05) is 38.2 Å². The van der Waals surface area contributed by atoms with Crippen molar-refractivity contribution in [1.82, 2.24) is 4.98 Å². The first-order valence-electron chi connectivity index (χ1n) is 13.7. The normalized spacial score (nSPS) is 16.1. The maximum absolute atomic E-state index is 12.0. The molecular formula is C30H42N2O6. The van der Waals surface area contributed by atoms with Gasteiger partial charge in [-0.05, 0) is 60.9 Å². The average Bonchev–Trinajstić information content (AvgIpc) is 2.83. The van der Waals surface area contributed by atoms with E-state index in [2.05, 4.69) is 4.98 Å². The Kier molecular flexibility index (Phi) is 11.2. The Bertz CT molecular complexity index is 1060. The average molecular weight is 527 g/mol. The van der Waals surface area contributed by atoms with Crippen LogP contribution in [0.25, 0.3) is 0 Å². The SMILES string of the molecule is COc1cc(CC[C@H](C[C@@H](OC(C)=O)C2CCCCCCC2)OC(C)=O)cc(Cc2ccnc(N)c2)c1O. The van der Waals surface area contributed by atoms with E-state index < -0.39 is 6.10 Å². The van der Waals surface area contributed by atoms with E-state index in [4.69, 9.17) is 19.9 Å². The Morgan fingerprint density at radius 2 is 1.71 bits per heavy atom. The first-order chi connectivity index (χ1) is 18.2. The summed E-state index contributed by atoms with van der Waals surface area (Å²) in [4.78, 5) is 28.0. The molecule has 1 saturated carbocycles. The molecule has 1 aliphatic rings. The molecule has 0 unspecified atom stereocenters. The monoisotopic (exact) mass is 526 g/mol. The van der Waals surface area contributed by atoms with Crippen molar-refractivity contribution >= 4 is 17.8 Å². The lowest BCUT2D eigenvalue weighted by Crippen LogP contribution is -2.33. The summed E-state index contributed by atoms with van der Waals surface area (Å²) >= 11 is 0. The number of hydrogen-bond donors (Lipinski definition) is 2. The van der Waals surface area contributed by atoms with Gasteiger partial charge in [0.25, 0.3) is 0 Å². The number of carbonyl (C=O) groups is 2. The maximum Gasteiger partial charge on any atom is 0.302 e. The molecule has 0 amide bonds. The third kappa shape index (κ3) is 9.23. The van der Waals surface area contributed by atoms with E-state index in [1.165, 1.54) is 40.2 Å². The molecule has 3 rings (SSSR count). The lowest BCUT2D eigenvalue weighted by molar-refractivity contribution is -0.156. The van der Waals surface area contributed by atoms with Crippen molar-refractivity contribution in [3.05, 3.63) is 47.2 Å². The number of phenolic OH excluding ortho intramolecular Hbond substituents is 1. The number of benzene rings is 1. The number of pyridine rings is 1. The van der Waals surface area contributed by atoms with Crippen LogP contribution in [0.1, 0.15) is 88.3 Å². The standard InChI is InChI=1S/C30H42N2O6/c1-20(33)37-26(19-27(38-21(2)34)24-9-7-5-4-6-8-10-24)12-11-22-15-25(30(35)28(17-22)36-3)16-23-13-14-32-29(31)18-23/h13-15,17-18,24,26-27,35H,4-12,16,19H2,1-3H3,(H2,31,32)/t26-,27-/m1/s1. The molecule has 8 nitrogen and oxygen atoms in total. The summed E-state index contributed by atoms with van der Waals surface area (Å²) in [6.45, 7) is 2.85. The van der Waals surface area contributed by atoms with Gasteiger partial charge in [-0.2, -0.15) is 0 Å². The minimum atomic E-state index is -0.398. The van der Waals surface area contributed by atoms with Crippen LogP contribution in [-0.4, -0.2) is 41.3 Å². The van der Waals surface area contributed by atoms with Gasteiger partial charge < -0.3 is 25.1 Å². The smallest absolute Gasteiger partial charge is 0.302 e. The molecule has 2 atom stereocenters. The molecule has 208 valence electrons. The fourth-order valence-corrected chi connectivity index (χ4v) is 5.44. The summed E-state index contributed by atoms with van der Waals surface area (Å²) in [7, 11) is 1.52. The highest BCUT2D eigenvalue weighted by Crippen LogP contribution is 2.34. The molecule has 1 aromatic carbocycles. The molecule has 0 spiro atoms. The summed E-state index contributed by atoms with van der Waals surface area (Å²) in [5.41, 5.74) is 8.41. The zero-order chi connectivity index (χ0) is 27.5. The maximum atomic E-state index is 12.0. The Labute approximate surface area is 225 Å². The van der Waals surface area contributed by atoms with Crippen LogP contribution in [0.5, 0.6) is 11.5 Å². The molecule has 0 bridgehead atoms. The van der Waals surface area contributed by atoms with Gasteiger partial charge in [-0.15, -0.1) is 0 Å². The van der Waals surface area contributed by atoms with Crippen LogP contribution in [0.15, 0.2) is 30.5 Å². The van der Waals surface area contributed by atoms with E-state index in [1.54, 1.807) is 12.3 Å². The third-order valence-electron chi connectivity index (χ3n) is 7.25. The van der Waals surface area contributed by atoms with Crippen molar-refractivity contribution in [2.24, 2.45) is 5.92 Å². The van der Waals surface area contributed by atoms with Crippen molar-refractivity contribution in [1.29, 1.82) is 0 Å². The Balaban J connectivity index is 1.77. The number of anilines is 1. The molecule has 3 N–H and O–H groups in total. The van der Waals surface area contributed by atoms with Gasteiger partial charge in [0.2, 0.25) is 0 Å². The Morgan fingerprint density at radius 3 is 2.34 bits per heavy atom. The molecular weight excluding hydrogens is 484 g/mol. The number of nitrogen functional groups attached to an aromatic ring is 1. The van der Waals surface area contributed by atoms with E-state index in [0.717, 1.165) is 36.8 Å². The molecule has 8 heteroatoms. The van der Waals surface area contributed by atoms with E-state index in [1.807, 2.05) is 18.2 Å². The van der Waals surface area contributed by atoms with Crippen LogP contribution < -0.4 is 10.5 Å². The van der Waals surface area contributed by atoms with E-state index in [0.29, 0.717) is 42.8 Å². The van der Waals surface area contributed by atoms with Gasteiger partial charge in [-0.25, -0.2) is 4.98 Å². The van der Waals surface area contributed by atoms with Crippen molar-refractivity contribution in [3.63, 3.8) is 0 Å². The highest BCUT2D eigenvalue weighted by molar-refractivity contribution is 5.66. The third-order valence-corrected chi connectivity index (χ3v) is 7.25. The zero-order valence-electron chi connectivity index (χ0n) is 22.9. The van der Waals surface area contributed by atoms with Crippen molar-refractivity contribution in [2.45, 2.75) is 96.7 Å². The van der Waals surface area contributed by atoms with Crippen LogP contribution in [0.2, 0.25) is 0 Å². The van der Waals surface area contributed by atoms with Crippen molar-refractivity contribution in [3.8, 4) is 11.5 Å². The second-order valence-electron chi connectivity index (χ2n) is 10.3. The summed E-state index contributed by atoms with van der Waals surface area (Å²) in [6.07, 6.45) is 11.0. The van der Waals surface area contributed by atoms with Crippen LogP contribution in [0, 0.1) is 5.92 Å². The number of esters is 2. The van der Waals surface area contributed by atoms with Gasteiger partial charge in [0.1, 0.15) is 18.0 Å². The van der Waals surface area contributed by atoms with Crippen LogP contribution >= 0.6 is 0 Å². The fourth-order valence-electron chi connectivity index (χ4n) is 5.44. The lowest BCUT2D eigenvalue weighted by Gasteiger charge is -2.31. The topological polar surface area (TPSA) is 121 Å². The number of methoxy groups -OCH3 is 1. The minimum Gasteiger partial charge on any atom is -0.504 e. The quantitative estimate of drug-likeness (QED) is 0.367. The number of nitrogens with zero attached hydrogens (tertiary/aromatic N) is 1. The highest BCUT2D eigenvalue weighted by atomic mass is 16.6. The van der Waals surface area contributed by atoms with Gasteiger partial charge in [0.05, 0.1) is 7.11 Å². The second-order valence-corrected chi connectivity index (χ2v) is 10.3. The number of phenols is 1. The minimum absolute atomic E-state index is 0.0855. The van der Waals surface area contributed by atoms with Crippen LogP contribution in [0.3, 0.4) is 0 Å². The molecule has 1 fully saturated rings. The van der Waals surface area contributed by atoms with Crippen molar-refractivity contribution < 1.29 is 28.9 Å². The number of aromatic hydroxyl groups is 1. The predicted molar refractivity (Wildman–Crippen MR) is 146 cm³/mol. The molecule has 38 heavy (non-hydrogen) atoms. The number of nitrogens with two attached hydrogens (primary N) is 1. The van der Waals surface area contributed by atoms with Gasteiger partial charge in [-0.3, -0.25) is 9.59 Å². The number of ether oxygens (including phenoxy) is 3. The predicted octanol–water partition coefficient (Wildman–Crippen LogP) is 5.52. The number of carbonyl (C=O) groups excluding carboxylic acids is 2. The summed E-state index contributed by atoms with van der Waals surface area (Å²) in [6, 6.07) is 7.39. The van der Waals surface area contributed by atoms with Gasteiger partial charge in [0.15, 0.2) is 11.5 Å². The zero-order valence-corrected chi connectivity index (χ0v) is 22.9. The highest BCUT2D eigenvalue weighted by Gasteiger charge is 2.29. The number of aromatic nitrogens is 1. The largest absolute Gasteiger partial charge is 0.504 e. The second kappa shape index (κ2) is 14.6. The van der Waals surface area contributed by atoms with E-state index in [9.17, 15) is 14.7 Å². The molecule has 0 aliphatic heterocycles. The first-order valence-corrected chi connectivity index (χ1v) is 13.7. The number of aryl methyl sites for hydroxylation is 1. The lowest BCUT2D eigenvalue weighted by atomic mass is 9.84. The van der Waals surface area contributed by atoms with E-state index in [-0.39, 0.29) is 29.7 Å². The molecule has 1 heterocycles. The van der Waals surface area contributed by atoms with Gasteiger partial charge >= 0.3 is 11.9 Å². The molecule has 0 saturated heterocycles. The summed E-state index contributed by atoms with van der Waals surface area (Å²) in [5, 5.41) is 10.7. The van der Waals surface area contributed by atoms with E-state index >= 15 is 0 Å². The molecule has 2 aromatic rings. The number of hydrogen-bond acceptors (Lipinski definition) is 8. The molecule has 0 radical (unpaired) electrons. The van der Waals surface area contributed by atoms with Crippen LogP contribution in [0.4, 0.5) is 5.82 Å². The van der Waals surface area contributed by atoms with Crippen molar-refractivity contribution in [2.75, 3.05) is 12.8 Å². The molecule has 1 aromatic heterocycles.